The molecule has 0 fully saturated rings. The fraction of sp³-hybridized carbons (Fsp3) is 0.333. The van der Waals surface area contributed by atoms with E-state index in [4.69, 9.17) is 12.2 Å². The Kier molecular flexibility index (Phi) is 11.0. The summed E-state index contributed by atoms with van der Waals surface area (Å²) in [4.78, 5) is 11.1. The first-order valence-electron chi connectivity index (χ1n) is 6.39. The maximum atomic E-state index is 10.3. The van der Waals surface area contributed by atoms with Gasteiger partial charge in [0.25, 0.3) is 0 Å². The standard InChI is InChI=1S/C9H10OS.C5H7NS.CH5N/c1-7(11)9-4-2-8(6-10)3-5-9;7-5-3-1-2-4-6-5;1-2/h2-7,11H,1H3;1,3H,2,4H2,(H,6,7);2H2,1H3. The Morgan fingerprint density at radius 2 is 1.95 bits per heavy atom. The molecule has 1 heterocycles. The third kappa shape index (κ3) is 8.09. The fourth-order valence-corrected chi connectivity index (χ4v) is 1.75. The van der Waals surface area contributed by atoms with E-state index in [0.29, 0.717) is 5.56 Å². The van der Waals surface area contributed by atoms with Crippen LogP contribution in [0, 0.1) is 0 Å². The predicted octanol–water partition coefficient (Wildman–Crippen LogP) is 2.93. The maximum Gasteiger partial charge on any atom is 0.150 e. The molecule has 2 rings (SSSR count). The number of nitrogens with one attached hydrogen (secondary N) is 1. The molecular weight excluding hydrogens is 288 g/mol. The first kappa shape index (κ1) is 18.8. The number of rotatable bonds is 2. The topological polar surface area (TPSA) is 55.1 Å². The highest BCUT2D eigenvalue weighted by Crippen LogP contribution is 2.18. The van der Waals surface area contributed by atoms with E-state index < -0.39 is 0 Å². The van der Waals surface area contributed by atoms with E-state index in [1.165, 1.54) is 7.05 Å². The molecule has 0 saturated heterocycles. The lowest BCUT2D eigenvalue weighted by Gasteiger charge is -2.05. The van der Waals surface area contributed by atoms with Gasteiger partial charge in [0.15, 0.2) is 0 Å². The normalized spacial score (nSPS) is 13.9. The van der Waals surface area contributed by atoms with Gasteiger partial charge in [-0.05, 0) is 32.0 Å². The van der Waals surface area contributed by atoms with Crippen molar-refractivity contribution in [1.29, 1.82) is 0 Å². The molecule has 0 radical (unpaired) electrons. The van der Waals surface area contributed by atoms with Crippen LogP contribution in [0.5, 0.6) is 0 Å². The zero-order chi connectivity index (χ0) is 15.4. The highest BCUT2D eigenvalue weighted by atomic mass is 32.1. The number of thiol groups is 1. The summed E-state index contributed by atoms with van der Waals surface area (Å²) in [5.41, 5.74) is 6.35. The molecule has 1 aliphatic heterocycles. The van der Waals surface area contributed by atoms with E-state index in [1.807, 2.05) is 25.1 Å². The number of hydrogen-bond donors (Lipinski definition) is 3. The molecule has 0 saturated carbocycles. The molecule has 20 heavy (non-hydrogen) atoms. The van der Waals surface area contributed by atoms with E-state index in [2.05, 4.69) is 29.8 Å². The summed E-state index contributed by atoms with van der Waals surface area (Å²) in [5, 5.41) is 3.26. The van der Waals surface area contributed by atoms with Crippen LogP contribution in [0.1, 0.15) is 34.5 Å². The van der Waals surface area contributed by atoms with Crippen LogP contribution in [0.2, 0.25) is 0 Å². The molecule has 3 N–H and O–H groups in total. The lowest BCUT2D eigenvalue weighted by Crippen LogP contribution is -2.22. The van der Waals surface area contributed by atoms with Crippen molar-refractivity contribution >= 4 is 36.1 Å². The van der Waals surface area contributed by atoms with Crippen molar-refractivity contribution in [3.63, 3.8) is 0 Å². The summed E-state index contributed by atoms with van der Waals surface area (Å²) in [5.74, 6) is 0. The van der Waals surface area contributed by atoms with Crippen LogP contribution in [0.3, 0.4) is 0 Å². The van der Waals surface area contributed by atoms with Gasteiger partial charge in [-0.25, -0.2) is 0 Å². The van der Waals surface area contributed by atoms with Gasteiger partial charge in [-0.1, -0.05) is 42.6 Å². The lowest BCUT2D eigenvalue weighted by atomic mass is 10.1. The number of thiocarbonyl (C=S) groups is 1. The monoisotopic (exact) mass is 310 g/mol. The van der Waals surface area contributed by atoms with Gasteiger partial charge in [0, 0.05) is 17.4 Å². The number of benzene rings is 1. The maximum absolute atomic E-state index is 10.3. The van der Waals surface area contributed by atoms with Crippen molar-refractivity contribution in [3.8, 4) is 0 Å². The third-order valence-corrected chi connectivity index (χ3v) is 3.01. The number of hydrogen-bond acceptors (Lipinski definition) is 4. The predicted molar refractivity (Wildman–Crippen MR) is 93.7 cm³/mol. The summed E-state index contributed by atoms with van der Waals surface area (Å²) in [6, 6.07) is 7.44. The average molecular weight is 310 g/mol. The van der Waals surface area contributed by atoms with Crippen molar-refractivity contribution in [2.45, 2.75) is 18.6 Å². The molecule has 5 heteroatoms. The van der Waals surface area contributed by atoms with Gasteiger partial charge in [-0.15, -0.1) is 0 Å². The highest BCUT2D eigenvalue weighted by molar-refractivity contribution is 7.80. The molecule has 1 aliphatic rings. The van der Waals surface area contributed by atoms with E-state index in [1.54, 1.807) is 12.1 Å². The molecule has 1 aromatic rings. The van der Waals surface area contributed by atoms with Crippen LogP contribution in [-0.4, -0.2) is 24.9 Å². The van der Waals surface area contributed by atoms with Gasteiger partial charge in [0.05, 0.1) is 4.99 Å². The van der Waals surface area contributed by atoms with E-state index in [-0.39, 0.29) is 5.25 Å². The molecule has 0 amide bonds. The van der Waals surface area contributed by atoms with Gasteiger partial charge in [-0.3, -0.25) is 4.79 Å². The quantitative estimate of drug-likeness (QED) is 0.447. The van der Waals surface area contributed by atoms with Crippen molar-refractivity contribution in [3.05, 3.63) is 47.5 Å². The molecule has 1 atom stereocenters. The van der Waals surface area contributed by atoms with Gasteiger partial charge in [0.1, 0.15) is 6.29 Å². The molecular formula is C15H22N2OS2. The second-order valence-corrected chi connectivity index (χ2v) is 5.16. The zero-order valence-electron chi connectivity index (χ0n) is 11.9. The van der Waals surface area contributed by atoms with E-state index >= 15 is 0 Å². The minimum Gasteiger partial charge on any atom is -0.376 e. The molecule has 0 bridgehead atoms. The Labute approximate surface area is 132 Å². The first-order chi connectivity index (χ1) is 9.63. The average Bonchev–Trinajstić information content (AvgIpc) is 2.51. The first-order valence-corrected chi connectivity index (χ1v) is 7.31. The second kappa shape index (κ2) is 11.6. The van der Waals surface area contributed by atoms with Crippen molar-refractivity contribution in [2.75, 3.05) is 13.6 Å². The van der Waals surface area contributed by atoms with Gasteiger partial charge < -0.3 is 11.1 Å². The van der Waals surface area contributed by atoms with E-state index in [0.717, 1.165) is 29.8 Å². The minimum atomic E-state index is 0.232. The summed E-state index contributed by atoms with van der Waals surface area (Å²) in [7, 11) is 1.50. The second-order valence-electron chi connectivity index (χ2n) is 3.94. The Balaban J connectivity index is 0.000000345. The Hall–Kier alpha value is -1.17. The van der Waals surface area contributed by atoms with Gasteiger partial charge >= 0.3 is 0 Å². The molecule has 1 unspecified atom stereocenters. The van der Waals surface area contributed by atoms with Gasteiger partial charge in [-0.2, -0.15) is 12.6 Å². The Morgan fingerprint density at radius 3 is 2.25 bits per heavy atom. The molecule has 1 aromatic carbocycles. The number of nitrogens with two attached hydrogens (primary N) is 1. The van der Waals surface area contributed by atoms with Gasteiger partial charge in [0.2, 0.25) is 0 Å². The van der Waals surface area contributed by atoms with Crippen LogP contribution in [0.25, 0.3) is 0 Å². The third-order valence-electron chi connectivity index (χ3n) is 2.43. The summed E-state index contributed by atoms with van der Waals surface area (Å²) in [6.45, 7) is 3.01. The van der Waals surface area contributed by atoms with Crippen molar-refractivity contribution < 1.29 is 4.79 Å². The number of carbonyl (C=O) groups is 1. The molecule has 0 aliphatic carbocycles. The van der Waals surface area contributed by atoms with Crippen LogP contribution >= 0.6 is 24.8 Å². The van der Waals surface area contributed by atoms with Crippen LogP contribution in [0.4, 0.5) is 0 Å². The number of aldehydes is 1. The van der Waals surface area contributed by atoms with Crippen molar-refractivity contribution in [2.24, 2.45) is 5.73 Å². The van der Waals surface area contributed by atoms with E-state index in [9.17, 15) is 4.79 Å². The summed E-state index contributed by atoms with van der Waals surface area (Å²) >= 11 is 9.07. The van der Waals surface area contributed by atoms with Crippen LogP contribution in [0.15, 0.2) is 36.4 Å². The molecule has 110 valence electrons. The molecule has 0 spiro atoms. The summed E-state index contributed by atoms with van der Waals surface area (Å²) < 4.78 is 0. The molecule has 0 aromatic heterocycles. The lowest BCUT2D eigenvalue weighted by molar-refractivity contribution is 0.112. The Morgan fingerprint density at radius 1 is 1.35 bits per heavy atom. The molecule has 3 nitrogen and oxygen atoms in total. The zero-order valence-corrected chi connectivity index (χ0v) is 13.6. The van der Waals surface area contributed by atoms with Crippen molar-refractivity contribution in [1.82, 2.24) is 5.32 Å². The minimum absolute atomic E-state index is 0.232. The SMILES string of the molecule is CC(S)c1ccc(C=O)cc1.CN.S=C1C=CCCN1. The smallest absolute Gasteiger partial charge is 0.150 e. The van der Waals surface area contributed by atoms with Crippen LogP contribution in [-0.2, 0) is 0 Å². The van der Waals surface area contributed by atoms with Crippen LogP contribution < -0.4 is 11.1 Å². The largest absolute Gasteiger partial charge is 0.376 e. The summed E-state index contributed by atoms with van der Waals surface area (Å²) in [6.07, 6.45) is 5.96. The fourth-order valence-electron chi connectivity index (χ4n) is 1.38. The highest BCUT2D eigenvalue weighted by Gasteiger charge is 1.97. The Bertz CT molecular complexity index is 428. The number of carbonyl (C=O) groups excluding carboxylic acids is 1.